The van der Waals surface area contributed by atoms with Gasteiger partial charge in [-0.2, -0.15) is 0 Å². The summed E-state index contributed by atoms with van der Waals surface area (Å²) in [7, 11) is -3.69. The molecule has 2 aromatic rings. The summed E-state index contributed by atoms with van der Waals surface area (Å²) in [5.41, 5.74) is 2.91. The molecule has 1 aromatic carbocycles. The number of pyridine rings is 1. The number of rotatable bonds is 3. The Morgan fingerprint density at radius 2 is 1.71 bits per heavy atom. The van der Waals surface area contributed by atoms with Crippen LogP contribution in [0.4, 0.5) is 5.69 Å². The smallest absolute Gasteiger partial charge is 0.263 e. The molecule has 1 aromatic heterocycles. The lowest BCUT2D eigenvalue weighted by atomic mass is 10.2. The van der Waals surface area contributed by atoms with E-state index in [1.165, 1.54) is 0 Å². The molecule has 0 amide bonds. The Bertz CT molecular complexity index is 805. The van der Waals surface area contributed by atoms with Crippen LogP contribution in [0.25, 0.3) is 0 Å². The zero-order valence-corrected chi connectivity index (χ0v) is 15.7. The van der Waals surface area contributed by atoms with Gasteiger partial charge < -0.3 is 0 Å². The maximum atomic E-state index is 12.5. The number of aromatic nitrogens is 1. The van der Waals surface area contributed by atoms with Crippen LogP contribution in [0.3, 0.4) is 0 Å². The van der Waals surface area contributed by atoms with Gasteiger partial charge in [0.15, 0.2) is 0 Å². The van der Waals surface area contributed by atoms with E-state index < -0.39 is 10.0 Å². The molecule has 21 heavy (non-hydrogen) atoms. The third-order valence-corrected chi connectivity index (χ3v) is 6.15. The van der Waals surface area contributed by atoms with E-state index in [1.54, 1.807) is 31.2 Å². The quantitative estimate of drug-likeness (QED) is 0.783. The Balaban J connectivity index is 2.46. The van der Waals surface area contributed by atoms with Gasteiger partial charge in [-0.25, -0.2) is 8.42 Å². The number of nitrogens with one attached hydrogen (secondary N) is 1. The third-order valence-electron chi connectivity index (χ3n) is 2.97. The second-order valence-electron chi connectivity index (χ2n) is 4.72. The maximum absolute atomic E-state index is 12.5. The number of hydrogen-bond donors (Lipinski definition) is 1. The van der Waals surface area contributed by atoms with Crippen LogP contribution in [0.15, 0.2) is 38.1 Å². The molecule has 1 N–H and O–H groups in total. The highest BCUT2D eigenvalue weighted by Gasteiger charge is 2.20. The SMILES string of the molecule is Cc1ccc(NS(=O)(=O)c2cc(Br)c(C)cc2Br)c(C)n1. The molecular formula is C14H14Br2N2O2S. The first kappa shape index (κ1) is 16.5. The molecule has 0 spiro atoms. The van der Waals surface area contributed by atoms with Gasteiger partial charge in [0.05, 0.1) is 11.4 Å². The predicted octanol–water partition coefficient (Wildman–Crippen LogP) is 4.33. The first-order chi connectivity index (χ1) is 9.70. The summed E-state index contributed by atoms with van der Waals surface area (Å²) in [6, 6.07) is 6.83. The Kier molecular flexibility index (Phi) is 4.75. The van der Waals surface area contributed by atoms with Crippen LogP contribution >= 0.6 is 31.9 Å². The highest BCUT2D eigenvalue weighted by Crippen LogP contribution is 2.30. The molecule has 1 heterocycles. The summed E-state index contributed by atoms with van der Waals surface area (Å²) in [6.07, 6.45) is 0. The molecule has 0 saturated heterocycles. The van der Waals surface area contributed by atoms with Crippen LogP contribution in [0.2, 0.25) is 0 Å². The van der Waals surface area contributed by atoms with E-state index in [4.69, 9.17) is 0 Å². The average Bonchev–Trinajstić information content (AvgIpc) is 2.37. The molecule has 0 atom stereocenters. The van der Waals surface area contributed by atoms with Gasteiger partial charge in [0.2, 0.25) is 0 Å². The fourth-order valence-electron chi connectivity index (χ4n) is 1.83. The number of anilines is 1. The van der Waals surface area contributed by atoms with Crippen LogP contribution < -0.4 is 4.72 Å². The van der Waals surface area contributed by atoms with Crippen molar-refractivity contribution in [2.24, 2.45) is 0 Å². The van der Waals surface area contributed by atoms with Gasteiger partial charge in [0, 0.05) is 14.6 Å². The van der Waals surface area contributed by atoms with Gasteiger partial charge in [-0.3, -0.25) is 9.71 Å². The minimum atomic E-state index is -3.69. The molecule has 112 valence electrons. The molecule has 7 heteroatoms. The molecule has 0 radical (unpaired) electrons. The van der Waals surface area contributed by atoms with Crippen molar-refractivity contribution in [1.29, 1.82) is 0 Å². The molecule has 2 rings (SSSR count). The van der Waals surface area contributed by atoms with Gasteiger partial charge in [0.25, 0.3) is 10.0 Å². The summed E-state index contributed by atoms with van der Waals surface area (Å²) >= 11 is 6.66. The minimum Gasteiger partial charge on any atom is -0.278 e. The lowest BCUT2D eigenvalue weighted by Crippen LogP contribution is -2.15. The van der Waals surface area contributed by atoms with Crippen molar-refractivity contribution in [3.63, 3.8) is 0 Å². The van der Waals surface area contributed by atoms with Crippen LogP contribution in [0, 0.1) is 20.8 Å². The number of hydrogen-bond acceptors (Lipinski definition) is 3. The van der Waals surface area contributed by atoms with E-state index >= 15 is 0 Å². The standard InChI is InChI=1S/C14H14Br2N2O2S/c1-8-6-12(16)14(7-11(8)15)21(19,20)18-13-5-4-9(2)17-10(13)3/h4-7,18H,1-3H3. The summed E-state index contributed by atoms with van der Waals surface area (Å²) in [5.74, 6) is 0. The molecular weight excluding hydrogens is 420 g/mol. The van der Waals surface area contributed by atoms with Crippen molar-refractivity contribution < 1.29 is 8.42 Å². The summed E-state index contributed by atoms with van der Waals surface area (Å²) < 4.78 is 28.9. The number of aryl methyl sites for hydroxylation is 3. The van der Waals surface area contributed by atoms with Crippen molar-refractivity contribution in [3.05, 3.63) is 50.2 Å². The van der Waals surface area contributed by atoms with Crippen LogP contribution in [0.1, 0.15) is 17.0 Å². The van der Waals surface area contributed by atoms with Gasteiger partial charge in [-0.15, -0.1) is 0 Å². The van der Waals surface area contributed by atoms with Gasteiger partial charge in [0.1, 0.15) is 4.90 Å². The summed E-state index contributed by atoms with van der Waals surface area (Å²) in [5, 5.41) is 0. The Morgan fingerprint density at radius 1 is 1.05 bits per heavy atom. The molecule has 0 aliphatic rings. The summed E-state index contributed by atoms with van der Waals surface area (Å²) in [4.78, 5) is 4.44. The van der Waals surface area contributed by atoms with E-state index in [0.29, 0.717) is 15.9 Å². The highest BCUT2D eigenvalue weighted by molar-refractivity contribution is 9.11. The zero-order valence-electron chi connectivity index (χ0n) is 11.7. The van der Waals surface area contributed by atoms with Crippen molar-refractivity contribution in [3.8, 4) is 0 Å². The number of benzene rings is 1. The molecule has 0 aliphatic heterocycles. The highest BCUT2D eigenvalue weighted by atomic mass is 79.9. The fourth-order valence-corrected chi connectivity index (χ4v) is 4.62. The maximum Gasteiger partial charge on any atom is 0.263 e. The largest absolute Gasteiger partial charge is 0.278 e. The Hall–Kier alpha value is -0.920. The Labute approximate surface area is 141 Å². The van der Waals surface area contributed by atoms with Gasteiger partial charge >= 0.3 is 0 Å². The van der Waals surface area contributed by atoms with Crippen molar-refractivity contribution >= 4 is 47.6 Å². The first-order valence-electron chi connectivity index (χ1n) is 6.13. The second kappa shape index (κ2) is 6.06. The second-order valence-corrected chi connectivity index (χ2v) is 8.08. The third kappa shape index (κ3) is 3.64. The van der Waals surface area contributed by atoms with E-state index in [2.05, 4.69) is 41.6 Å². The minimum absolute atomic E-state index is 0.181. The zero-order chi connectivity index (χ0) is 15.8. The number of sulfonamides is 1. The number of nitrogens with zero attached hydrogens (tertiary/aromatic N) is 1. The molecule has 4 nitrogen and oxygen atoms in total. The lowest BCUT2D eigenvalue weighted by Gasteiger charge is -2.13. The molecule has 0 aliphatic carbocycles. The normalized spacial score (nSPS) is 11.5. The van der Waals surface area contributed by atoms with E-state index in [9.17, 15) is 8.42 Å². The monoisotopic (exact) mass is 432 g/mol. The molecule has 0 unspecified atom stereocenters. The van der Waals surface area contributed by atoms with E-state index in [0.717, 1.165) is 15.7 Å². The number of halogens is 2. The van der Waals surface area contributed by atoms with Crippen LogP contribution in [-0.4, -0.2) is 13.4 Å². The predicted molar refractivity (Wildman–Crippen MR) is 91.1 cm³/mol. The van der Waals surface area contributed by atoms with Crippen LogP contribution in [-0.2, 0) is 10.0 Å². The molecule has 0 bridgehead atoms. The summed E-state index contributed by atoms with van der Waals surface area (Å²) in [6.45, 7) is 5.52. The van der Waals surface area contributed by atoms with Crippen molar-refractivity contribution in [1.82, 2.24) is 4.98 Å². The average molecular weight is 434 g/mol. The lowest BCUT2D eigenvalue weighted by molar-refractivity contribution is 0.600. The molecule has 0 saturated carbocycles. The molecule has 0 fully saturated rings. The Morgan fingerprint density at radius 3 is 2.33 bits per heavy atom. The fraction of sp³-hybridized carbons (Fsp3) is 0.214. The van der Waals surface area contributed by atoms with E-state index in [1.807, 2.05) is 13.8 Å². The first-order valence-corrected chi connectivity index (χ1v) is 9.20. The van der Waals surface area contributed by atoms with Gasteiger partial charge in [-0.1, -0.05) is 15.9 Å². The van der Waals surface area contributed by atoms with Crippen LogP contribution in [0.5, 0.6) is 0 Å². The van der Waals surface area contributed by atoms with Crippen molar-refractivity contribution in [2.45, 2.75) is 25.7 Å². The van der Waals surface area contributed by atoms with Gasteiger partial charge in [-0.05, 0) is 66.5 Å². The topological polar surface area (TPSA) is 59.1 Å². The van der Waals surface area contributed by atoms with E-state index in [-0.39, 0.29) is 4.90 Å². The van der Waals surface area contributed by atoms with Crippen molar-refractivity contribution in [2.75, 3.05) is 4.72 Å².